The van der Waals surface area contributed by atoms with Gasteiger partial charge in [-0.3, -0.25) is 8.42 Å². The van der Waals surface area contributed by atoms with Crippen LogP contribution in [0.1, 0.15) is 0 Å². The predicted octanol–water partition coefficient (Wildman–Crippen LogP) is -3.88. The Balaban J connectivity index is 0.00000484. The van der Waals surface area contributed by atoms with Crippen LogP contribution in [0.5, 0.6) is 0 Å². The summed E-state index contributed by atoms with van der Waals surface area (Å²) < 4.78 is 136. The topological polar surface area (TPSA) is 160 Å². The summed E-state index contributed by atoms with van der Waals surface area (Å²) in [5, 5.41) is -3.33. The number of hydrogen-bond donors (Lipinski definition) is 0. The van der Waals surface area contributed by atoms with Crippen LogP contribution < -0.4 is 29.6 Å². The maximum Gasteiger partial charge on any atom is 1.00 e. The molecule has 1 aliphatic rings. The molecule has 1 aliphatic carbocycles. The van der Waals surface area contributed by atoms with E-state index in [0.717, 1.165) is 0 Å². The average molecular weight is 427 g/mol. The van der Waals surface area contributed by atoms with Gasteiger partial charge in [-0.25, -0.2) is 0 Å². The molecule has 0 aromatic heterocycles. The van der Waals surface area contributed by atoms with E-state index < -0.39 is 67.2 Å². The predicted molar refractivity (Wildman–Crippen MR) is 63.0 cm³/mol. The summed E-state index contributed by atoms with van der Waals surface area (Å²) in [7, 11) is -24.3. The Morgan fingerprint density at radius 1 is 0.913 bits per heavy atom. The second-order valence-corrected chi connectivity index (χ2v) is 9.14. The molecular weight excluding hydrogens is 424 g/mol. The first kappa shape index (κ1) is 22.9. The van der Waals surface area contributed by atoms with Crippen molar-refractivity contribution in [3.05, 3.63) is 27.2 Å². The largest absolute Gasteiger partial charge is 1.00 e. The maximum atomic E-state index is 13.0. The Kier molecular flexibility index (Phi) is 6.63. The number of halogens is 3. The van der Waals surface area contributed by atoms with E-state index >= 15 is 0 Å². The molecular formula is C6H3F3NaO9S4-. The summed E-state index contributed by atoms with van der Waals surface area (Å²) in [5.41, 5.74) is 0. The summed E-state index contributed by atoms with van der Waals surface area (Å²) in [6.07, 6.45) is -0.832. The minimum Gasteiger partial charge on any atom is -0.754 e. The zero-order valence-electron chi connectivity index (χ0n) is 10.7. The SMILES string of the molecule is O=S(=O)([O-])C1=C(S(=O)(=O)F)[CH-]C(S(=O)(=O)F)=CC1S(=O)(=O)F.[Na+]. The quantitative estimate of drug-likeness (QED) is 0.189. The minimum atomic E-state index is -6.20. The molecule has 23 heavy (non-hydrogen) atoms. The molecule has 9 nitrogen and oxygen atoms in total. The van der Waals surface area contributed by atoms with E-state index in [1.165, 1.54) is 0 Å². The van der Waals surface area contributed by atoms with E-state index in [-0.39, 0.29) is 35.6 Å². The van der Waals surface area contributed by atoms with Gasteiger partial charge in [-0.15, -0.1) is 24.2 Å². The Morgan fingerprint density at radius 2 is 1.35 bits per heavy atom. The van der Waals surface area contributed by atoms with Gasteiger partial charge in [0.05, 0.1) is 15.4 Å². The van der Waals surface area contributed by atoms with E-state index in [2.05, 4.69) is 0 Å². The van der Waals surface area contributed by atoms with Crippen molar-refractivity contribution in [1.29, 1.82) is 0 Å². The zero-order valence-corrected chi connectivity index (χ0v) is 15.9. The molecule has 0 spiro atoms. The van der Waals surface area contributed by atoms with E-state index in [4.69, 9.17) is 0 Å². The van der Waals surface area contributed by atoms with Gasteiger partial charge in [0.15, 0.2) is 0 Å². The smallest absolute Gasteiger partial charge is 0.754 e. The van der Waals surface area contributed by atoms with Crippen molar-refractivity contribution in [2.24, 2.45) is 0 Å². The van der Waals surface area contributed by atoms with E-state index in [1.54, 1.807) is 0 Å². The third-order valence-corrected chi connectivity index (χ3v) is 6.16. The maximum absolute atomic E-state index is 13.0. The van der Waals surface area contributed by atoms with E-state index in [9.17, 15) is 49.9 Å². The van der Waals surface area contributed by atoms with Gasteiger partial charge in [0.1, 0.15) is 0 Å². The van der Waals surface area contributed by atoms with Gasteiger partial charge in [0.25, 0.3) is 10.2 Å². The molecule has 0 aromatic rings. The van der Waals surface area contributed by atoms with Crippen molar-refractivity contribution in [3.63, 3.8) is 0 Å². The monoisotopic (exact) mass is 427 g/mol. The standard InChI is InChI=1S/C6H4F3O9S4.Na/c7-19(10,11)3-1-4(20(8,12)13)6(22(16,17)18)5(2-3)21(9,14)15;/h1-2,4H,(H,16,17,18);/q-1;+1/p-1. The molecule has 0 radical (unpaired) electrons. The molecule has 0 saturated carbocycles. The Bertz CT molecular complexity index is 988. The molecule has 0 bridgehead atoms. The molecule has 0 amide bonds. The fourth-order valence-electron chi connectivity index (χ4n) is 1.43. The molecule has 0 aliphatic heterocycles. The van der Waals surface area contributed by atoms with Crippen molar-refractivity contribution in [2.45, 2.75) is 5.25 Å². The van der Waals surface area contributed by atoms with Crippen LogP contribution in [0.25, 0.3) is 0 Å². The van der Waals surface area contributed by atoms with Crippen molar-refractivity contribution in [3.8, 4) is 0 Å². The van der Waals surface area contributed by atoms with Crippen LogP contribution in [-0.4, -0.2) is 43.5 Å². The number of hydrogen-bond acceptors (Lipinski definition) is 9. The minimum absolute atomic E-state index is 0. The average Bonchev–Trinajstić information content (AvgIpc) is 2.22. The molecule has 17 heteroatoms. The van der Waals surface area contributed by atoms with Crippen molar-refractivity contribution >= 4 is 40.8 Å². The first-order chi connectivity index (χ1) is 9.45. The van der Waals surface area contributed by atoms with Crippen LogP contribution in [0, 0.1) is 6.42 Å². The molecule has 1 rings (SSSR count). The molecule has 0 fully saturated rings. The van der Waals surface area contributed by atoms with E-state index in [0.29, 0.717) is 0 Å². The summed E-state index contributed by atoms with van der Waals surface area (Å²) in [6.45, 7) is 0. The fraction of sp³-hybridized carbons (Fsp3) is 0.167. The first-order valence-corrected chi connectivity index (χ1v) is 10.2. The zero-order chi connectivity index (χ0) is 17.7. The second kappa shape index (κ2) is 6.66. The van der Waals surface area contributed by atoms with Gasteiger partial charge in [-0.05, 0) is 9.81 Å². The van der Waals surface area contributed by atoms with Gasteiger partial charge >= 0.3 is 50.0 Å². The second-order valence-electron chi connectivity index (χ2n) is 3.67. The molecule has 128 valence electrons. The van der Waals surface area contributed by atoms with E-state index in [1.807, 2.05) is 0 Å². The summed E-state index contributed by atoms with van der Waals surface area (Å²) >= 11 is 0. The number of rotatable bonds is 4. The normalized spacial score (nSPS) is 20.3. The molecule has 0 saturated heterocycles. The van der Waals surface area contributed by atoms with Crippen LogP contribution in [-0.2, 0) is 40.8 Å². The van der Waals surface area contributed by atoms with Crippen molar-refractivity contribution < 1.29 is 79.4 Å². The molecule has 0 aromatic carbocycles. The molecule has 0 heterocycles. The van der Waals surface area contributed by atoms with Crippen LogP contribution in [0.2, 0.25) is 0 Å². The molecule has 1 atom stereocenters. The Labute approximate surface area is 151 Å². The van der Waals surface area contributed by atoms with Gasteiger partial charge in [0, 0.05) is 4.91 Å². The molecule has 1 unspecified atom stereocenters. The van der Waals surface area contributed by atoms with Crippen LogP contribution >= 0.6 is 0 Å². The third-order valence-electron chi connectivity index (χ3n) is 2.21. The van der Waals surface area contributed by atoms with Crippen LogP contribution in [0.4, 0.5) is 11.7 Å². The van der Waals surface area contributed by atoms with Gasteiger partial charge < -0.3 is 4.55 Å². The number of allylic oxidation sites excluding steroid dienone is 2. The fourth-order valence-corrected chi connectivity index (χ4v) is 5.51. The Morgan fingerprint density at radius 3 is 1.61 bits per heavy atom. The van der Waals surface area contributed by atoms with Crippen LogP contribution in [0.3, 0.4) is 0 Å². The first-order valence-electron chi connectivity index (χ1n) is 4.55. The molecule has 0 N–H and O–H groups in total. The Hall–Kier alpha value is -0.100. The summed E-state index contributed by atoms with van der Waals surface area (Å²) in [4.78, 5) is -6.44. The van der Waals surface area contributed by atoms with Gasteiger partial charge in [-0.2, -0.15) is 25.3 Å². The van der Waals surface area contributed by atoms with Gasteiger partial charge in [0.2, 0.25) is 0 Å². The third kappa shape index (κ3) is 5.45. The van der Waals surface area contributed by atoms with Crippen molar-refractivity contribution in [2.75, 3.05) is 0 Å². The van der Waals surface area contributed by atoms with Crippen molar-refractivity contribution in [1.82, 2.24) is 0 Å². The summed E-state index contributed by atoms with van der Waals surface area (Å²) in [6, 6.07) is 0. The summed E-state index contributed by atoms with van der Waals surface area (Å²) in [5.74, 6) is 0. The van der Waals surface area contributed by atoms with Gasteiger partial charge in [-0.1, -0.05) is 0 Å². The van der Waals surface area contributed by atoms with Crippen LogP contribution in [0.15, 0.2) is 20.8 Å².